The van der Waals surface area contributed by atoms with Crippen molar-refractivity contribution in [3.63, 3.8) is 0 Å². The smallest absolute Gasteiger partial charge is 0.411 e. The lowest BCUT2D eigenvalue weighted by molar-refractivity contribution is -0.136. The maximum atomic E-state index is 12.1. The van der Waals surface area contributed by atoms with Crippen LogP contribution in [0.4, 0.5) is 4.79 Å². The zero-order chi connectivity index (χ0) is 15.9. The minimum Gasteiger partial charge on any atom is -0.481 e. The molecule has 1 aromatic carbocycles. The van der Waals surface area contributed by atoms with Gasteiger partial charge >= 0.3 is 12.1 Å². The molecule has 0 saturated carbocycles. The molecule has 2 atom stereocenters. The van der Waals surface area contributed by atoms with Gasteiger partial charge in [-0.15, -0.1) is 11.8 Å². The van der Waals surface area contributed by atoms with Crippen LogP contribution in [0, 0.1) is 0 Å². The third-order valence-electron chi connectivity index (χ3n) is 3.39. The first kappa shape index (κ1) is 16.4. The minimum absolute atomic E-state index is 0.0808. The van der Waals surface area contributed by atoms with Crippen LogP contribution in [-0.2, 0) is 9.53 Å². The first-order valence-corrected chi connectivity index (χ1v) is 8.09. The van der Waals surface area contributed by atoms with Crippen LogP contribution in [0.3, 0.4) is 0 Å². The van der Waals surface area contributed by atoms with Crippen molar-refractivity contribution in [3.8, 4) is 0 Å². The number of carboxylic acids is 1. The average molecular weight is 321 g/mol. The van der Waals surface area contributed by atoms with Gasteiger partial charge in [-0.1, -0.05) is 42.5 Å². The molecule has 1 aromatic rings. The Labute approximate surface area is 133 Å². The number of methoxy groups -OCH3 is 1. The number of aliphatic carboxylic acids is 1. The summed E-state index contributed by atoms with van der Waals surface area (Å²) in [5, 5.41) is 8.57. The van der Waals surface area contributed by atoms with Crippen molar-refractivity contribution in [2.75, 3.05) is 12.9 Å². The fourth-order valence-electron chi connectivity index (χ4n) is 2.34. The van der Waals surface area contributed by atoms with Crippen LogP contribution in [0.25, 0.3) is 0 Å². The predicted octanol–water partition coefficient (Wildman–Crippen LogP) is 3.29. The molecule has 0 bridgehead atoms. The SMILES string of the molecule is COC(=O)N1C(/C=C/CCC(=O)O)CSC1c1ccccc1. The van der Waals surface area contributed by atoms with E-state index in [1.54, 1.807) is 16.7 Å². The second-order valence-corrected chi connectivity index (χ2v) is 6.01. The summed E-state index contributed by atoms with van der Waals surface area (Å²) in [6.45, 7) is 0. The molecular formula is C16H19NO4S. The number of hydrogen-bond donors (Lipinski definition) is 1. The van der Waals surface area contributed by atoms with Gasteiger partial charge in [0.1, 0.15) is 5.37 Å². The highest BCUT2D eigenvalue weighted by atomic mass is 32.2. The molecule has 2 unspecified atom stereocenters. The van der Waals surface area contributed by atoms with Crippen molar-refractivity contribution in [2.24, 2.45) is 0 Å². The highest BCUT2D eigenvalue weighted by molar-refractivity contribution is 7.99. The summed E-state index contributed by atoms with van der Waals surface area (Å²) < 4.78 is 4.91. The lowest BCUT2D eigenvalue weighted by atomic mass is 10.1. The minimum atomic E-state index is -0.822. The van der Waals surface area contributed by atoms with E-state index in [4.69, 9.17) is 9.84 Å². The van der Waals surface area contributed by atoms with E-state index in [9.17, 15) is 9.59 Å². The van der Waals surface area contributed by atoms with Gasteiger partial charge in [0.25, 0.3) is 0 Å². The molecule has 1 amide bonds. The number of benzene rings is 1. The summed E-state index contributed by atoms with van der Waals surface area (Å²) in [5.74, 6) is -0.0597. The number of carbonyl (C=O) groups is 2. The molecule has 1 aliphatic heterocycles. The first-order valence-electron chi connectivity index (χ1n) is 7.04. The average Bonchev–Trinajstić information content (AvgIpc) is 2.95. The maximum absolute atomic E-state index is 12.1. The van der Waals surface area contributed by atoms with Crippen molar-refractivity contribution in [1.82, 2.24) is 4.90 Å². The van der Waals surface area contributed by atoms with E-state index < -0.39 is 5.97 Å². The topological polar surface area (TPSA) is 66.8 Å². The van der Waals surface area contributed by atoms with E-state index in [0.717, 1.165) is 11.3 Å². The number of carboxylic acid groups (broad SMARTS) is 1. The normalized spacial score (nSPS) is 21.2. The third kappa shape index (κ3) is 4.04. The van der Waals surface area contributed by atoms with Crippen molar-refractivity contribution < 1.29 is 19.4 Å². The molecule has 1 N–H and O–H groups in total. The molecule has 0 aromatic heterocycles. The predicted molar refractivity (Wildman–Crippen MR) is 85.7 cm³/mol. The number of carbonyl (C=O) groups excluding carboxylic acids is 1. The second kappa shape index (κ2) is 7.89. The largest absolute Gasteiger partial charge is 0.481 e. The molecule has 1 saturated heterocycles. The van der Waals surface area contributed by atoms with Crippen molar-refractivity contribution in [2.45, 2.75) is 24.3 Å². The van der Waals surface area contributed by atoms with Gasteiger partial charge in [-0.05, 0) is 12.0 Å². The van der Waals surface area contributed by atoms with Crippen LogP contribution in [0.15, 0.2) is 42.5 Å². The van der Waals surface area contributed by atoms with E-state index >= 15 is 0 Å². The van der Waals surface area contributed by atoms with Gasteiger partial charge in [-0.2, -0.15) is 0 Å². The quantitative estimate of drug-likeness (QED) is 0.843. The highest BCUT2D eigenvalue weighted by Gasteiger charge is 2.37. The van der Waals surface area contributed by atoms with Gasteiger partial charge in [0.15, 0.2) is 0 Å². The van der Waals surface area contributed by atoms with Gasteiger partial charge in [-0.25, -0.2) is 4.79 Å². The van der Waals surface area contributed by atoms with E-state index in [0.29, 0.717) is 6.42 Å². The maximum Gasteiger partial charge on any atom is 0.411 e. The highest BCUT2D eigenvalue weighted by Crippen LogP contribution is 2.41. The summed E-state index contributed by atoms with van der Waals surface area (Å²) in [4.78, 5) is 24.3. The Morgan fingerprint density at radius 3 is 2.77 bits per heavy atom. The molecule has 118 valence electrons. The molecular weight excluding hydrogens is 302 g/mol. The fraction of sp³-hybridized carbons (Fsp3) is 0.375. The zero-order valence-corrected chi connectivity index (χ0v) is 13.2. The lowest BCUT2D eigenvalue weighted by Gasteiger charge is -2.26. The Bertz CT molecular complexity index is 546. The van der Waals surface area contributed by atoms with Crippen LogP contribution >= 0.6 is 11.8 Å². The molecule has 1 aliphatic rings. The fourth-order valence-corrected chi connectivity index (χ4v) is 3.75. The summed E-state index contributed by atoms with van der Waals surface area (Å²) in [5.41, 5.74) is 1.05. The Hall–Kier alpha value is -1.95. The Morgan fingerprint density at radius 2 is 2.14 bits per heavy atom. The number of hydrogen-bond acceptors (Lipinski definition) is 4. The molecule has 1 fully saturated rings. The van der Waals surface area contributed by atoms with E-state index in [1.807, 2.05) is 42.5 Å². The van der Waals surface area contributed by atoms with Crippen molar-refractivity contribution in [3.05, 3.63) is 48.0 Å². The molecule has 0 aliphatic carbocycles. The molecule has 2 rings (SSSR count). The molecule has 1 heterocycles. The number of rotatable bonds is 5. The van der Waals surface area contributed by atoms with Crippen molar-refractivity contribution in [1.29, 1.82) is 0 Å². The van der Waals surface area contributed by atoms with E-state index in [2.05, 4.69) is 0 Å². The molecule has 6 heteroatoms. The van der Waals surface area contributed by atoms with Gasteiger partial charge in [0.05, 0.1) is 13.2 Å². The molecule has 22 heavy (non-hydrogen) atoms. The van der Waals surface area contributed by atoms with E-state index in [1.165, 1.54) is 7.11 Å². The Kier molecular flexibility index (Phi) is 5.89. The lowest BCUT2D eigenvalue weighted by Crippen LogP contribution is -2.37. The van der Waals surface area contributed by atoms with Crippen LogP contribution in [0.1, 0.15) is 23.8 Å². The summed E-state index contributed by atoms with van der Waals surface area (Å²) in [6, 6.07) is 9.72. The molecule has 5 nitrogen and oxygen atoms in total. The number of amides is 1. The van der Waals surface area contributed by atoms with Crippen LogP contribution < -0.4 is 0 Å². The van der Waals surface area contributed by atoms with Crippen LogP contribution in [0.2, 0.25) is 0 Å². The number of ether oxygens (including phenoxy) is 1. The second-order valence-electron chi connectivity index (χ2n) is 4.90. The Balaban J connectivity index is 2.11. The van der Waals surface area contributed by atoms with E-state index in [-0.39, 0.29) is 23.9 Å². The van der Waals surface area contributed by atoms with Gasteiger partial charge in [-0.3, -0.25) is 9.69 Å². The number of thioether (sulfide) groups is 1. The summed E-state index contributed by atoms with van der Waals surface area (Å²) >= 11 is 1.68. The standard InChI is InChI=1S/C16H19NO4S/c1-21-16(20)17-13(9-5-6-10-14(18)19)11-22-15(17)12-7-3-2-4-8-12/h2-5,7-9,13,15H,6,10-11H2,1H3,(H,18,19)/b9-5+. The summed E-state index contributed by atoms with van der Waals surface area (Å²) in [6.07, 6.45) is 3.91. The summed E-state index contributed by atoms with van der Waals surface area (Å²) in [7, 11) is 1.37. The van der Waals surface area contributed by atoms with Crippen molar-refractivity contribution >= 4 is 23.8 Å². The van der Waals surface area contributed by atoms with Gasteiger partial charge in [0, 0.05) is 12.2 Å². The molecule has 0 spiro atoms. The van der Waals surface area contributed by atoms with Gasteiger partial charge < -0.3 is 9.84 Å². The Morgan fingerprint density at radius 1 is 1.41 bits per heavy atom. The number of nitrogens with zero attached hydrogens (tertiary/aromatic N) is 1. The third-order valence-corrected chi connectivity index (χ3v) is 4.74. The first-order chi connectivity index (χ1) is 10.6. The molecule has 0 radical (unpaired) electrons. The van der Waals surface area contributed by atoms with Crippen LogP contribution in [0.5, 0.6) is 0 Å². The number of allylic oxidation sites excluding steroid dienone is 1. The zero-order valence-electron chi connectivity index (χ0n) is 12.3. The van der Waals surface area contributed by atoms with Gasteiger partial charge in [0.2, 0.25) is 0 Å². The van der Waals surface area contributed by atoms with Crippen LogP contribution in [-0.4, -0.2) is 41.0 Å². The monoisotopic (exact) mass is 321 g/mol.